The van der Waals surface area contributed by atoms with Gasteiger partial charge in [0.2, 0.25) is 5.91 Å². The summed E-state index contributed by atoms with van der Waals surface area (Å²) >= 11 is 0. The van der Waals surface area contributed by atoms with Crippen LogP contribution in [0.25, 0.3) is 11.3 Å². The van der Waals surface area contributed by atoms with Crippen LogP contribution in [0, 0.1) is 11.8 Å². The highest BCUT2D eigenvalue weighted by atomic mass is 16.3. The molecule has 0 radical (unpaired) electrons. The molecule has 1 heterocycles. The Labute approximate surface area is 123 Å². The Morgan fingerprint density at radius 3 is 2.81 bits per heavy atom. The van der Waals surface area contributed by atoms with Gasteiger partial charge >= 0.3 is 0 Å². The Hall–Kier alpha value is -2.14. The highest BCUT2D eigenvalue weighted by molar-refractivity contribution is 5.93. The summed E-state index contributed by atoms with van der Waals surface area (Å²) in [4.78, 5) is 16.2. The zero-order valence-corrected chi connectivity index (χ0v) is 11.8. The van der Waals surface area contributed by atoms with Crippen LogP contribution in [0.1, 0.15) is 19.3 Å². The van der Waals surface area contributed by atoms with Crippen molar-refractivity contribution in [2.75, 3.05) is 11.9 Å². The number of benzene rings is 1. The molecule has 2 unspecified atom stereocenters. The van der Waals surface area contributed by atoms with E-state index in [0.29, 0.717) is 18.2 Å². The minimum absolute atomic E-state index is 0.0453. The number of oxazole rings is 1. The standard InChI is InChI=1S/C16H19N3O2/c17-8-12-2-1-3-14(12)16(20)19-13-6-4-11(5-7-13)15-9-18-10-21-15/h4-7,9-10,12,14H,1-3,8,17H2,(H,19,20). The number of carbonyl (C=O) groups excluding carboxylic acids is 1. The van der Waals surface area contributed by atoms with E-state index in [1.54, 1.807) is 6.20 Å². The van der Waals surface area contributed by atoms with Crippen molar-refractivity contribution in [1.29, 1.82) is 0 Å². The summed E-state index contributed by atoms with van der Waals surface area (Å²) in [6.45, 7) is 0.586. The molecule has 2 atom stereocenters. The predicted octanol–water partition coefficient (Wildman–Crippen LogP) is 2.66. The zero-order valence-electron chi connectivity index (χ0n) is 11.8. The van der Waals surface area contributed by atoms with E-state index in [1.807, 2.05) is 24.3 Å². The van der Waals surface area contributed by atoms with Crippen LogP contribution in [0.3, 0.4) is 0 Å². The van der Waals surface area contributed by atoms with E-state index in [4.69, 9.17) is 10.2 Å². The highest BCUT2D eigenvalue weighted by Crippen LogP contribution is 2.32. The van der Waals surface area contributed by atoms with Crippen molar-refractivity contribution in [2.45, 2.75) is 19.3 Å². The molecule has 21 heavy (non-hydrogen) atoms. The second-order valence-corrected chi connectivity index (χ2v) is 5.47. The number of anilines is 1. The lowest BCUT2D eigenvalue weighted by Gasteiger charge is -2.17. The number of aromatic nitrogens is 1. The van der Waals surface area contributed by atoms with Crippen molar-refractivity contribution in [1.82, 2.24) is 4.98 Å². The molecule has 1 aromatic carbocycles. The number of hydrogen-bond acceptors (Lipinski definition) is 4. The van der Waals surface area contributed by atoms with Crippen LogP contribution >= 0.6 is 0 Å². The van der Waals surface area contributed by atoms with Gasteiger partial charge in [-0.2, -0.15) is 0 Å². The molecule has 1 saturated carbocycles. The van der Waals surface area contributed by atoms with Gasteiger partial charge in [-0.3, -0.25) is 4.79 Å². The molecule has 1 amide bonds. The lowest BCUT2D eigenvalue weighted by atomic mass is 9.95. The molecular formula is C16H19N3O2. The van der Waals surface area contributed by atoms with Gasteiger partial charge < -0.3 is 15.5 Å². The maximum Gasteiger partial charge on any atom is 0.227 e. The molecule has 3 N–H and O–H groups in total. The third-order valence-corrected chi connectivity index (χ3v) is 4.17. The van der Waals surface area contributed by atoms with Crippen LogP contribution in [-0.4, -0.2) is 17.4 Å². The zero-order chi connectivity index (χ0) is 14.7. The molecule has 0 spiro atoms. The van der Waals surface area contributed by atoms with Gasteiger partial charge in [-0.25, -0.2) is 4.98 Å². The van der Waals surface area contributed by atoms with Crippen molar-refractivity contribution >= 4 is 11.6 Å². The summed E-state index contributed by atoms with van der Waals surface area (Å²) < 4.78 is 5.24. The Bertz CT molecular complexity index is 592. The van der Waals surface area contributed by atoms with Crippen LogP contribution in [0.2, 0.25) is 0 Å². The van der Waals surface area contributed by atoms with Crippen molar-refractivity contribution in [2.24, 2.45) is 17.6 Å². The first-order valence-corrected chi connectivity index (χ1v) is 7.28. The smallest absolute Gasteiger partial charge is 0.227 e. The maximum absolute atomic E-state index is 12.3. The van der Waals surface area contributed by atoms with E-state index in [2.05, 4.69) is 10.3 Å². The van der Waals surface area contributed by atoms with E-state index >= 15 is 0 Å². The summed E-state index contributed by atoms with van der Waals surface area (Å²) in [6, 6.07) is 7.57. The number of nitrogens with one attached hydrogen (secondary N) is 1. The molecule has 1 aromatic heterocycles. The van der Waals surface area contributed by atoms with Crippen LogP contribution in [0.15, 0.2) is 41.3 Å². The van der Waals surface area contributed by atoms with E-state index in [-0.39, 0.29) is 11.8 Å². The summed E-state index contributed by atoms with van der Waals surface area (Å²) in [5, 5.41) is 2.98. The molecular weight excluding hydrogens is 266 g/mol. The van der Waals surface area contributed by atoms with Crippen molar-refractivity contribution < 1.29 is 9.21 Å². The fourth-order valence-electron chi connectivity index (χ4n) is 2.98. The summed E-state index contributed by atoms with van der Waals surface area (Å²) in [5.41, 5.74) is 7.47. The summed E-state index contributed by atoms with van der Waals surface area (Å²) in [5.74, 6) is 1.16. The molecule has 5 heteroatoms. The quantitative estimate of drug-likeness (QED) is 0.905. The summed E-state index contributed by atoms with van der Waals surface area (Å²) in [6.07, 6.45) is 6.14. The van der Waals surface area contributed by atoms with E-state index in [1.165, 1.54) is 6.39 Å². The maximum atomic E-state index is 12.3. The lowest BCUT2D eigenvalue weighted by molar-refractivity contribution is -0.120. The molecule has 0 saturated heterocycles. The first-order valence-electron chi connectivity index (χ1n) is 7.28. The molecule has 1 aliphatic carbocycles. The first kappa shape index (κ1) is 13.8. The van der Waals surface area contributed by atoms with Crippen LogP contribution < -0.4 is 11.1 Å². The van der Waals surface area contributed by atoms with Crippen LogP contribution in [0.5, 0.6) is 0 Å². The Kier molecular flexibility index (Phi) is 4.01. The second kappa shape index (κ2) is 6.10. The summed E-state index contributed by atoms with van der Waals surface area (Å²) in [7, 11) is 0. The first-order chi connectivity index (χ1) is 10.3. The average molecular weight is 285 g/mol. The van der Waals surface area contributed by atoms with Crippen molar-refractivity contribution in [3.05, 3.63) is 36.9 Å². The van der Waals surface area contributed by atoms with Gasteiger partial charge in [-0.1, -0.05) is 6.42 Å². The van der Waals surface area contributed by atoms with Crippen molar-refractivity contribution in [3.63, 3.8) is 0 Å². The molecule has 1 fully saturated rings. The van der Waals surface area contributed by atoms with Crippen LogP contribution in [0.4, 0.5) is 5.69 Å². The molecule has 3 rings (SSSR count). The average Bonchev–Trinajstić information content (AvgIpc) is 3.19. The molecule has 0 aliphatic heterocycles. The Morgan fingerprint density at radius 2 is 2.14 bits per heavy atom. The normalized spacial score (nSPS) is 21.4. The van der Waals surface area contributed by atoms with E-state index in [0.717, 1.165) is 30.5 Å². The number of nitrogens with zero attached hydrogens (tertiary/aromatic N) is 1. The lowest BCUT2D eigenvalue weighted by Crippen LogP contribution is -2.29. The topological polar surface area (TPSA) is 81.2 Å². The third-order valence-electron chi connectivity index (χ3n) is 4.17. The SMILES string of the molecule is NCC1CCCC1C(=O)Nc1ccc(-c2cnco2)cc1. The van der Waals surface area contributed by atoms with Gasteiger partial charge in [0.25, 0.3) is 0 Å². The number of hydrogen-bond donors (Lipinski definition) is 2. The fourth-order valence-corrected chi connectivity index (χ4v) is 2.98. The number of rotatable bonds is 4. The fraction of sp³-hybridized carbons (Fsp3) is 0.375. The Morgan fingerprint density at radius 1 is 1.33 bits per heavy atom. The number of amides is 1. The predicted molar refractivity (Wildman–Crippen MR) is 80.5 cm³/mol. The Balaban J connectivity index is 1.66. The minimum Gasteiger partial charge on any atom is -0.444 e. The number of nitrogens with two attached hydrogens (primary N) is 1. The van der Waals surface area contributed by atoms with E-state index < -0.39 is 0 Å². The largest absolute Gasteiger partial charge is 0.444 e. The van der Waals surface area contributed by atoms with Gasteiger partial charge in [0.1, 0.15) is 0 Å². The van der Waals surface area contributed by atoms with Gasteiger partial charge in [0, 0.05) is 17.2 Å². The van der Waals surface area contributed by atoms with Crippen molar-refractivity contribution in [3.8, 4) is 11.3 Å². The van der Waals surface area contributed by atoms with Gasteiger partial charge in [-0.15, -0.1) is 0 Å². The molecule has 2 aromatic rings. The highest BCUT2D eigenvalue weighted by Gasteiger charge is 2.31. The second-order valence-electron chi connectivity index (χ2n) is 5.47. The third kappa shape index (κ3) is 2.97. The number of carbonyl (C=O) groups is 1. The monoisotopic (exact) mass is 285 g/mol. The van der Waals surface area contributed by atoms with Gasteiger partial charge in [0.15, 0.2) is 12.2 Å². The molecule has 110 valence electrons. The van der Waals surface area contributed by atoms with Crippen LogP contribution in [-0.2, 0) is 4.79 Å². The molecule has 5 nitrogen and oxygen atoms in total. The van der Waals surface area contributed by atoms with Gasteiger partial charge in [0.05, 0.1) is 6.20 Å². The molecule has 0 bridgehead atoms. The van der Waals surface area contributed by atoms with E-state index in [9.17, 15) is 4.79 Å². The minimum atomic E-state index is 0.0453. The van der Waals surface area contributed by atoms with Gasteiger partial charge in [-0.05, 0) is 49.6 Å². The molecule has 1 aliphatic rings.